The van der Waals surface area contributed by atoms with Crippen molar-refractivity contribution in [3.63, 3.8) is 0 Å². The van der Waals surface area contributed by atoms with Crippen molar-refractivity contribution in [2.24, 2.45) is 0 Å². The van der Waals surface area contributed by atoms with Gasteiger partial charge in [0.25, 0.3) is 0 Å². The highest BCUT2D eigenvalue weighted by Crippen LogP contribution is 2.63. The minimum atomic E-state index is -0.465. The molecule has 1 aromatic heterocycles. The summed E-state index contributed by atoms with van der Waals surface area (Å²) >= 11 is 0. The number of fused-ring (bicyclic) bond motifs is 16. The normalized spacial score (nSPS) is 15.0. The zero-order valence-corrected chi connectivity index (χ0v) is 29.9. The Labute approximate surface area is 319 Å². The summed E-state index contributed by atoms with van der Waals surface area (Å²) in [6, 6.07) is 70.8. The molecule has 0 radical (unpaired) electrons. The third-order valence-corrected chi connectivity index (χ3v) is 12.1. The highest BCUT2D eigenvalue weighted by atomic mass is 14.9. The van der Waals surface area contributed by atoms with Crippen LogP contribution in [-0.2, 0) is 5.41 Å². The monoisotopic (exact) mass is 696 g/mol. The molecule has 0 bridgehead atoms. The lowest BCUT2D eigenvalue weighted by atomic mass is 9.70. The molecule has 0 saturated carbocycles. The predicted octanol–water partition coefficient (Wildman–Crippen LogP) is 13.3. The summed E-state index contributed by atoms with van der Waals surface area (Å²) < 4.78 is 0. The molecule has 12 rings (SSSR count). The maximum atomic E-state index is 5.22. The lowest BCUT2D eigenvalue weighted by molar-refractivity contribution is 0.795. The summed E-state index contributed by atoms with van der Waals surface area (Å²) in [5, 5.41) is 7.77. The Kier molecular flexibility index (Phi) is 6.29. The van der Waals surface area contributed by atoms with Crippen molar-refractivity contribution in [3.8, 4) is 56.2 Å². The summed E-state index contributed by atoms with van der Waals surface area (Å²) in [6.45, 7) is 0. The van der Waals surface area contributed by atoms with Crippen LogP contribution in [0.5, 0.6) is 0 Å². The van der Waals surface area contributed by atoms with Gasteiger partial charge in [0.05, 0.1) is 16.8 Å². The molecular weight excluding hydrogens is 665 g/mol. The average Bonchev–Trinajstić information content (AvgIpc) is 3.73. The summed E-state index contributed by atoms with van der Waals surface area (Å²) in [6.07, 6.45) is 0. The summed E-state index contributed by atoms with van der Waals surface area (Å²) in [5.41, 5.74) is 15.0. The van der Waals surface area contributed by atoms with Gasteiger partial charge < -0.3 is 0 Å². The van der Waals surface area contributed by atoms with E-state index in [4.69, 9.17) is 9.97 Å². The van der Waals surface area contributed by atoms with Gasteiger partial charge >= 0.3 is 0 Å². The highest BCUT2D eigenvalue weighted by molar-refractivity contribution is 6.26. The van der Waals surface area contributed by atoms with Crippen LogP contribution in [0.15, 0.2) is 194 Å². The fraction of sp³-hybridized carbons (Fsp3) is 0.0189. The van der Waals surface area contributed by atoms with E-state index in [9.17, 15) is 0 Å². The molecule has 2 aliphatic rings. The van der Waals surface area contributed by atoms with E-state index in [-0.39, 0.29) is 0 Å². The quantitative estimate of drug-likeness (QED) is 0.172. The van der Waals surface area contributed by atoms with E-state index in [0.717, 1.165) is 33.9 Å². The Morgan fingerprint density at radius 3 is 1.35 bits per heavy atom. The Morgan fingerprint density at radius 1 is 0.273 bits per heavy atom. The van der Waals surface area contributed by atoms with E-state index in [0.29, 0.717) is 0 Å². The van der Waals surface area contributed by atoms with Gasteiger partial charge in [-0.15, -0.1) is 0 Å². The molecule has 254 valence electrons. The van der Waals surface area contributed by atoms with E-state index in [1.54, 1.807) is 0 Å². The summed E-state index contributed by atoms with van der Waals surface area (Å²) in [5.74, 6) is 0.722. The van der Waals surface area contributed by atoms with E-state index in [1.165, 1.54) is 76.8 Å². The molecule has 10 aromatic rings. The molecule has 9 aromatic carbocycles. The van der Waals surface area contributed by atoms with Crippen molar-refractivity contribution >= 4 is 32.3 Å². The Bertz CT molecular complexity index is 3140. The van der Waals surface area contributed by atoms with E-state index >= 15 is 0 Å². The topological polar surface area (TPSA) is 25.8 Å². The summed E-state index contributed by atoms with van der Waals surface area (Å²) in [7, 11) is 0. The third-order valence-electron chi connectivity index (χ3n) is 12.1. The zero-order valence-electron chi connectivity index (χ0n) is 29.9. The van der Waals surface area contributed by atoms with Crippen LogP contribution in [0, 0.1) is 0 Å². The van der Waals surface area contributed by atoms with Gasteiger partial charge in [0.15, 0.2) is 5.82 Å². The van der Waals surface area contributed by atoms with Gasteiger partial charge in [-0.05, 0) is 101 Å². The minimum absolute atomic E-state index is 0.465. The standard InChI is InChI=1S/C53H32N2/c1-3-15-33(16-4-1)50-32-51(55-52(54-50)34-17-5-2-6-18-34)35-27-28-48-44(29-35)40-23-11-13-25-46(40)53(48)47-26-14-12-24-41(47)45-30-42-38-21-9-7-19-36(38)37-20-8-10-22-39(37)43(42)31-49(45)53/h1-32H. The lowest BCUT2D eigenvalue weighted by Gasteiger charge is -2.31. The van der Waals surface area contributed by atoms with E-state index in [2.05, 4.69) is 170 Å². The van der Waals surface area contributed by atoms with Gasteiger partial charge in [-0.3, -0.25) is 0 Å². The average molecular weight is 697 g/mol. The number of nitrogens with zero attached hydrogens (tertiary/aromatic N) is 2. The fourth-order valence-corrected chi connectivity index (χ4v) is 9.77. The Morgan fingerprint density at radius 2 is 0.727 bits per heavy atom. The van der Waals surface area contributed by atoms with Crippen LogP contribution in [0.3, 0.4) is 0 Å². The van der Waals surface area contributed by atoms with Crippen molar-refractivity contribution in [3.05, 3.63) is 216 Å². The van der Waals surface area contributed by atoms with Gasteiger partial charge in [-0.25, -0.2) is 9.97 Å². The van der Waals surface area contributed by atoms with Crippen molar-refractivity contribution in [2.75, 3.05) is 0 Å². The molecule has 2 aliphatic carbocycles. The molecule has 2 nitrogen and oxygen atoms in total. The van der Waals surface area contributed by atoms with Crippen LogP contribution >= 0.6 is 0 Å². The molecular formula is C53H32N2. The first-order valence-corrected chi connectivity index (χ1v) is 19.0. The van der Waals surface area contributed by atoms with Crippen LogP contribution in [0.4, 0.5) is 0 Å². The number of hydrogen-bond acceptors (Lipinski definition) is 2. The number of rotatable bonds is 3. The predicted molar refractivity (Wildman–Crippen MR) is 227 cm³/mol. The van der Waals surface area contributed by atoms with Crippen LogP contribution in [0.25, 0.3) is 88.5 Å². The molecule has 1 spiro atoms. The van der Waals surface area contributed by atoms with E-state index in [1.807, 2.05) is 24.3 Å². The Hall–Kier alpha value is -7.16. The largest absolute Gasteiger partial charge is 0.228 e. The third kappa shape index (κ3) is 4.19. The van der Waals surface area contributed by atoms with Gasteiger partial charge in [0.1, 0.15) is 0 Å². The first-order valence-electron chi connectivity index (χ1n) is 19.0. The smallest absolute Gasteiger partial charge is 0.160 e. The van der Waals surface area contributed by atoms with Crippen LogP contribution in [0.1, 0.15) is 22.3 Å². The van der Waals surface area contributed by atoms with Gasteiger partial charge in [-0.2, -0.15) is 0 Å². The highest BCUT2D eigenvalue weighted by Gasteiger charge is 2.51. The van der Waals surface area contributed by atoms with Crippen molar-refractivity contribution < 1.29 is 0 Å². The van der Waals surface area contributed by atoms with Crippen LogP contribution in [0.2, 0.25) is 0 Å². The van der Waals surface area contributed by atoms with Crippen molar-refractivity contribution in [1.29, 1.82) is 0 Å². The minimum Gasteiger partial charge on any atom is -0.228 e. The molecule has 0 saturated heterocycles. The van der Waals surface area contributed by atoms with E-state index < -0.39 is 5.41 Å². The molecule has 0 amide bonds. The fourth-order valence-electron chi connectivity index (χ4n) is 9.77. The second kappa shape index (κ2) is 11.4. The molecule has 0 fully saturated rings. The van der Waals surface area contributed by atoms with Crippen molar-refractivity contribution in [2.45, 2.75) is 5.41 Å². The van der Waals surface area contributed by atoms with Gasteiger partial charge in [0.2, 0.25) is 0 Å². The summed E-state index contributed by atoms with van der Waals surface area (Å²) in [4.78, 5) is 10.3. The van der Waals surface area contributed by atoms with Gasteiger partial charge in [-0.1, -0.05) is 170 Å². The Balaban J connectivity index is 1.14. The second-order valence-corrected chi connectivity index (χ2v) is 14.8. The first kappa shape index (κ1) is 30.3. The maximum Gasteiger partial charge on any atom is 0.160 e. The maximum absolute atomic E-state index is 5.22. The second-order valence-electron chi connectivity index (χ2n) is 14.8. The number of hydrogen-bond donors (Lipinski definition) is 0. The molecule has 1 unspecified atom stereocenters. The molecule has 0 aliphatic heterocycles. The zero-order chi connectivity index (χ0) is 36.1. The molecule has 1 heterocycles. The van der Waals surface area contributed by atoms with Gasteiger partial charge in [0, 0.05) is 16.7 Å². The molecule has 55 heavy (non-hydrogen) atoms. The SMILES string of the molecule is c1ccc(-c2cc(-c3ccc4c(c3)-c3ccccc3C43c4ccccc4-c4cc5c6ccccc6c6ccccc6c5cc43)nc(-c3ccccc3)n2)cc1. The number of benzene rings is 9. The van der Waals surface area contributed by atoms with Crippen molar-refractivity contribution in [1.82, 2.24) is 9.97 Å². The first-order chi connectivity index (χ1) is 27.3. The van der Waals surface area contributed by atoms with Crippen LogP contribution < -0.4 is 0 Å². The molecule has 0 N–H and O–H groups in total. The molecule has 1 atom stereocenters. The number of aromatic nitrogens is 2. The lowest BCUT2D eigenvalue weighted by Crippen LogP contribution is -2.25. The van der Waals surface area contributed by atoms with Crippen LogP contribution in [-0.4, -0.2) is 9.97 Å². The molecule has 2 heteroatoms.